The number of carbonyl (C=O) groups excluding carboxylic acids is 2. The van der Waals surface area contributed by atoms with Gasteiger partial charge >= 0.3 is 5.91 Å². The van der Waals surface area contributed by atoms with Crippen LogP contribution in [0.5, 0.6) is 23.0 Å². The Kier molecular flexibility index (Phi) is 6.83. The summed E-state index contributed by atoms with van der Waals surface area (Å²) in [6.07, 6.45) is 0. The molecular formula is C28H23FN2O7S. The minimum absolute atomic E-state index is 0.167. The van der Waals surface area contributed by atoms with Crippen LogP contribution in [0.1, 0.15) is 17.2 Å². The van der Waals surface area contributed by atoms with E-state index in [4.69, 9.17) is 18.9 Å². The van der Waals surface area contributed by atoms with Gasteiger partial charge in [0.25, 0.3) is 5.78 Å². The van der Waals surface area contributed by atoms with E-state index in [-0.39, 0.29) is 27.8 Å². The molecule has 1 atom stereocenters. The van der Waals surface area contributed by atoms with Crippen molar-refractivity contribution in [3.63, 3.8) is 0 Å². The van der Waals surface area contributed by atoms with Crippen molar-refractivity contribution in [2.75, 3.05) is 33.3 Å². The number of benzene rings is 3. The van der Waals surface area contributed by atoms with Crippen LogP contribution in [-0.4, -0.2) is 50.2 Å². The lowest BCUT2D eigenvalue weighted by Gasteiger charge is -2.24. The smallest absolute Gasteiger partial charge is 0.301 e. The summed E-state index contributed by atoms with van der Waals surface area (Å²) in [5, 5.41) is 11.5. The number of thiazole rings is 1. The molecule has 2 heterocycles. The molecule has 1 aromatic heterocycles. The van der Waals surface area contributed by atoms with Gasteiger partial charge in [0.1, 0.15) is 17.3 Å². The summed E-state index contributed by atoms with van der Waals surface area (Å²) < 4.78 is 36.1. The first-order valence-corrected chi connectivity index (χ1v) is 12.4. The Morgan fingerprint density at radius 1 is 0.923 bits per heavy atom. The predicted octanol–water partition coefficient (Wildman–Crippen LogP) is 5.10. The molecule has 1 amide bonds. The number of aromatic nitrogens is 1. The number of anilines is 1. The van der Waals surface area contributed by atoms with Gasteiger partial charge in [-0.3, -0.25) is 14.5 Å². The zero-order valence-corrected chi connectivity index (χ0v) is 22.2. The third-order valence-corrected chi connectivity index (χ3v) is 7.37. The highest BCUT2D eigenvalue weighted by Gasteiger charge is 2.48. The summed E-state index contributed by atoms with van der Waals surface area (Å²) >= 11 is 1.19. The molecule has 3 aromatic carbocycles. The molecule has 0 spiro atoms. The van der Waals surface area contributed by atoms with E-state index in [2.05, 4.69) is 4.98 Å². The van der Waals surface area contributed by atoms with Crippen LogP contribution >= 0.6 is 11.3 Å². The maximum Gasteiger partial charge on any atom is 0.301 e. The van der Waals surface area contributed by atoms with Crippen molar-refractivity contribution < 1.29 is 38.0 Å². The number of methoxy groups -OCH3 is 4. The van der Waals surface area contributed by atoms with Crippen LogP contribution in [0.15, 0.2) is 60.2 Å². The van der Waals surface area contributed by atoms with E-state index in [1.165, 1.54) is 49.7 Å². The standard InChI is InChI=1S/C28H23FN2O7S/c1-35-17-9-10-18-21(13-17)39-28(30-18)31-23(15-11-19(36-2)26(38-4)20(12-15)37-3)22(25(33)27(31)34)24(32)14-5-7-16(29)8-6-14/h5-13,23,32H,1-4H3/t23-/m1/s1. The van der Waals surface area contributed by atoms with Gasteiger partial charge in [-0.25, -0.2) is 9.37 Å². The first kappa shape index (κ1) is 26.0. The van der Waals surface area contributed by atoms with Crippen LogP contribution in [0.3, 0.4) is 0 Å². The predicted molar refractivity (Wildman–Crippen MR) is 143 cm³/mol. The lowest BCUT2D eigenvalue weighted by Crippen LogP contribution is -2.29. The van der Waals surface area contributed by atoms with Crippen LogP contribution in [0, 0.1) is 5.82 Å². The van der Waals surface area contributed by atoms with E-state index in [0.717, 1.165) is 16.8 Å². The molecule has 1 aliphatic rings. The van der Waals surface area contributed by atoms with Gasteiger partial charge in [-0.05, 0) is 60.2 Å². The van der Waals surface area contributed by atoms with Crippen molar-refractivity contribution in [3.05, 3.63) is 77.1 Å². The Bertz CT molecular complexity index is 1610. The normalized spacial score (nSPS) is 16.5. The first-order chi connectivity index (χ1) is 18.8. The van der Waals surface area contributed by atoms with Gasteiger partial charge in [0.15, 0.2) is 16.6 Å². The summed E-state index contributed by atoms with van der Waals surface area (Å²) in [6, 6.07) is 12.3. The van der Waals surface area contributed by atoms with Crippen LogP contribution < -0.4 is 23.8 Å². The van der Waals surface area contributed by atoms with Gasteiger partial charge in [-0.2, -0.15) is 0 Å². The van der Waals surface area contributed by atoms with Crippen molar-refractivity contribution in [1.82, 2.24) is 4.98 Å². The highest BCUT2D eigenvalue weighted by atomic mass is 32.1. The summed E-state index contributed by atoms with van der Waals surface area (Å²) in [5.41, 5.74) is 0.961. The van der Waals surface area contributed by atoms with Gasteiger partial charge in [0.2, 0.25) is 5.75 Å². The number of amides is 1. The minimum Gasteiger partial charge on any atom is -0.507 e. The van der Waals surface area contributed by atoms with Crippen molar-refractivity contribution >= 4 is 44.1 Å². The number of carbonyl (C=O) groups is 2. The van der Waals surface area contributed by atoms with Gasteiger partial charge in [-0.15, -0.1) is 0 Å². The number of hydrogen-bond donors (Lipinski definition) is 1. The lowest BCUT2D eigenvalue weighted by molar-refractivity contribution is -0.132. The van der Waals surface area contributed by atoms with Crippen molar-refractivity contribution in [2.24, 2.45) is 0 Å². The van der Waals surface area contributed by atoms with Gasteiger partial charge in [0.05, 0.1) is 50.3 Å². The van der Waals surface area contributed by atoms with Crippen molar-refractivity contribution in [3.8, 4) is 23.0 Å². The fraction of sp³-hybridized carbons (Fsp3) is 0.179. The van der Waals surface area contributed by atoms with E-state index in [1.807, 2.05) is 0 Å². The first-order valence-electron chi connectivity index (χ1n) is 11.6. The Balaban J connectivity index is 1.77. The highest BCUT2D eigenvalue weighted by Crippen LogP contribution is 2.48. The molecule has 4 aromatic rings. The number of Topliss-reactive ketones (excluding diaryl/α,β-unsaturated/α-hetero) is 1. The Labute approximate surface area is 226 Å². The Hall–Kier alpha value is -4.64. The van der Waals surface area contributed by atoms with E-state index in [0.29, 0.717) is 22.6 Å². The fourth-order valence-electron chi connectivity index (χ4n) is 4.49. The van der Waals surface area contributed by atoms with Crippen LogP contribution in [0.4, 0.5) is 9.52 Å². The maximum absolute atomic E-state index is 13.6. The van der Waals surface area contributed by atoms with Crippen LogP contribution in [0.25, 0.3) is 16.0 Å². The fourth-order valence-corrected chi connectivity index (χ4v) is 5.51. The minimum atomic E-state index is -1.12. The van der Waals surface area contributed by atoms with Gasteiger partial charge < -0.3 is 24.1 Å². The van der Waals surface area contributed by atoms with Gasteiger partial charge in [0, 0.05) is 5.56 Å². The molecule has 1 N–H and O–H groups in total. The number of ether oxygens (including phenoxy) is 4. The summed E-state index contributed by atoms with van der Waals surface area (Å²) in [4.78, 5) is 32.9. The molecule has 1 aliphatic heterocycles. The molecule has 5 rings (SSSR count). The maximum atomic E-state index is 13.6. The molecule has 1 saturated heterocycles. The summed E-state index contributed by atoms with van der Waals surface area (Å²) in [7, 11) is 5.88. The molecule has 0 saturated carbocycles. The molecule has 0 aliphatic carbocycles. The third-order valence-electron chi connectivity index (χ3n) is 6.36. The monoisotopic (exact) mass is 550 g/mol. The number of halogens is 1. The molecule has 0 radical (unpaired) electrons. The van der Waals surface area contributed by atoms with E-state index in [9.17, 15) is 19.1 Å². The summed E-state index contributed by atoms with van der Waals surface area (Å²) in [6.45, 7) is 0. The average molecular weight is 551 g/mol. The topological polar surface area (TPSA) is 107 Å². The Morgan fingerprint density at radius 3 is 2.18 bits per heavy atom. The molecule has 0 unspecified atom stereocenters. The third kappa shape index (κ3) is 4.40. The molecule has 11 heteroatoms. The number of fused-ring (bicyclic) bond motifs is 1. The zero-order valence-electron chi connectivity index (χ0n) is 21.4. The lowest BCUT2D eigenvalue weighted by atomic mass is 9.94. The molecule has 0 bridgehead atoms. The number of rotatable bonds is 7. The van der Waals surface area contributed by atoms with Gasteiger partial charge in [-0.1, -0.05) is 11.3 Å². The quantitative estimate of drug-likeness (QED) is 0.193. The second-order valence-electron chi connectivity index (χ2n) is 8.46. The van der Waals surface area contributed by atoms with Crippen molar-refractivity contribution in [1.29, 1.82) is 0 Å². The molecule has 39 heavy (non-hydrogen) atoms. The Morgan fingerprint density at radius 2 is 1.59 bits per heavy atom. The number of nitrogens with zero attached hydrogens (tertiary/aromatic N) is 2. The SMILES string of the molecule is COc1ccc2nc(N3C(=O)C(=O)C(=C(O)c4ccc(F)cc4)[C@H]3c3cc(OC)c(OC)c(OC)c3)sc2c1. The number of aliphatic hydroxyl groups excluding tert-OH is 1. The van der Waals surface area contributed by atoms with E-state index >= 15 is 0 Å². The highest BCUT2D eigenvalue weighted by molar-refractivity contribution is 7.22. The van der Waals surface area contributed by atoms with E-state index < -0.39 is 29.3 Å². The summed E-state index contributed by atoms with van der Waals surface area (Å²) in [5.74, 6) is -1.30. The number of ketones is 1. The van der Waals surface area contributed by atoms with Crippen LogP contribution in [-0.2, 0) is 9.59 Å². The molecule has 200 valence electrons. The molecule has 9 nitrogen and oxygen atoms in total. The molecule has 1 fully saturated rings. The average Bonchev–Trinajstić information content (AvgIpc) is 3.49. The largest absolute Gasteiger partial charge is 0.507 e. The number of hydrogen-bond acceptors (Lipinski definition) is 9. The van der Waals surface area contributed by atoms with Crippen molar-refractivity contribution in [2.45, 2.75) is 6.04 Å². The van der Waals surface area contributed by atoms with Crippen LogP contribution in [0.2, 0.25) is 0 Å². The number of aliphatic hydroxyl groups is 1. The molecular weight excluding hydrogens is 527 g/mol. The van der Waals surface area contributed by atoms with E-state index in [1.54, 1.807) is 37.4 Å². The second-order valence-corrected chi connectivity index (χ2v) is 9.47. The zero-order chi connectivity index (χ0) is 27.8. The second kappa shape index (κ2) is 10.3.